The SMILES string of the molecule is Cc1ccc(NC(=O)c2ccccc2Cl)c(C(=O)[O-])c1. The van der Waals surface area contributed by atoms with Crippen molar-refractivity contribution in [1.29, 1.82) is 0 Å². The van der Waals surface area contributed by atoms with Crippen LogP contribution in [0.15, 0.2) is 42.5 Å². The van der Waals surface area contributed by atoms with Gasteiger partial charge in [0.1, 0.15) is 0 Å². The molecule has 0 fully saturated rings. The minimum Gasteiger partial charge on any atom is -0.545 e. The number of carboxylic acid groups (broad SMARTS) is 1. The number of aryl methyl sites for hydroxylation is 1. The minimum absolute atomic E-state index is 0.0644. The smallest absolute Gasteiger partial charge is 0.257 e. The molecule has 2 aromatic rings. The molecule has 0 heterocycles. The van der Waals surface area contributed by atoms with E-state index in [0.717, 1.165) is 5.56 Å². The lowest BCUT2D eigenvalue weighted by Crippen LogP contribution is -2.25. The third-order valence-electron chi connectivity index (χ3n) is 2.76. The lowest BCUT2D eigenvalue weighted by Gasteiger charge is -2.13. The predicted octanol–water partition coefficient (Wildman–Crippen LogP) is 2.26. The van der Waals surface area contributed by atoms with Crippen LogP contribution < -0.4 is 10.4 Å². The molecular formula is C15H11ClNO3-. The molecule has 0 aromatic heterocycles. The third kappa shape index (κ3) is 2.97. The Morgan fingerprint density at radius 2 is 1.80 bits per heavy atom. The van der Waals surface area contributed by atoms with E-state index in [9.17, 15) is 14.7 Å². The van der Waals surface area contributed by atoms with E-state index in [-0.39, 0.29) is 16.8 Å². The van der Waals surface area contributed by atoms with Gasteiger partial charge in [-0.2, -0.15) is 0 Å². The molecule has 0 spiro atoms. The molecule has 20 heavy (non-hydrogen) atoms. The molecule has 0 saturated heterocycles. The molecular weight excluding hydrogens is 278 g/mol. The van der Waals surface area contributed by atoms with Crippen LogP contribution in [-0.2, 0) is 0 Å². The number of hydrogen-bond acceptors (Lipinski definition) is 3. The topological polar surface area (TPSA) is 69.2 Å². The molecule has 4 nitrogen and oxygen atoms in total. The molecule has 2 aromatic carbocycles. The number of hydrogen-bond donors (Lipinski definition) is 1. The number of rotatable bonds is 3. The van der Waals surface area contributed by atoms with E-state index in [2.05, 4.69) is 5.32 Å². The monoisotopic (exact) mass is 288 g/mol. The Bertz CT molecular complexity index is 683. The number of carboxylic acids is 1. The molecule has 0 aliphatic rings. The maximum absolute atomic E-state index is 12.1. The largest absolute Gasteiger partial charge is 0.545 e. The van der Waals surface area contributed by atoms with Crippen LogP contribution in [0.5, 0.6) is 0 Å². The van der Waals surface area contributed by atoms with Crippen LogP contribution in [0.3, 0.4) is 0 Å². The molecule has 102 valence electrons. The van der Waals surface area contributed by atoms with E-state index in [4.69, 9.17) is 11.6 Å². The average Bonchev–Trinajstić information content (AvgIpc) is 2.41. The van der Waals surface area contributed by atoms with E-state index in [0.29, 0.717) is 5.02 Å². The van der Waals surface area contributed by atoms with Gasteiger partial charge in [0, 0.05) is 5.56 Å². The van der Waals surface area contributed by atoms with Crippen molar-refractivity contribution in [3.8, 4) is 0 Å². The molecule has 1 amide bonds. The summed E-state index contributed by atoms with van der Waals surface area (Å²) in [6, 6.07) is 11.2. The Labute approximate surface area is 121 Å². The number of anilines is 1. The van der Waals surface area contributed by atoms with Gasteiger partial charge < -0.3 is 15.2 Å². The summed E-state index contributed by atoms with van der Waals surface area (Å²) in [5.41, 5.74) is 1.16. The molecule has 5 heteroatoms. The number of benzene rings is 2. The molecule has 0 aliphatic heterocycles. The Hall–Kier alpha value is -2.33. The first-order valence-electron chi connectivity index (χ1n) is 5.87. The Morgan fingerprint density at radius 1 is 1.10 bits per heavy atom. The first kappa shape index (κ1) is 14.1. The molecule has 0 saturated carbocycles. The van der Waals surface area contributed by atoms with Crippen molar-refractivity contribution < 1.29 is 14.7 Å². The Balaban J connectivity index is 2.33. The van der Waals surface area contributed by atoms with Crippen LogP contribution in [0.4, 0.5) is 5.69 Å². The van der Waals surface area contributed by atoms with Gasteiger partial charge in [0.15, 0.2) is 0 Å². The van der Waals surface area contributed by atoms with Gasteiger partial charge in [-0.25, -0.2) is 0 Å². The van der Waals surface area contributed by atoms with E-state index in [1.165, 1.54) is 12.1 Å². The highest BCUT2D eigenvalue weighted by Gasteiger charge is 2.12. The summed E-state index contributed by atoms with van der Waals surface area (Å²) in [4.78, 5) is 23.2. The molecule has 0 aliphatic carbocycles. The van der Waals surface area contributed by atoms with Gasteiger partial charge >= 0.3 is 0 Å². The third-order valence-corrected chi connectivity index (χ3v) is 3.09. The summed E-state index contributed by atoms with van der Waals surface area (Å²) < 4.78 is 0. The van der Waals surface area contributed by atoms with Crippen LogP contribution in [0.2, 0.25) is 5.02 Å². The van der Waals surface area contributed by atoms with Crippen molar-refractivity contribution in [2.24, 2.45) is 0 Å². The van der Waals surface area contributed by atoms with Crippen molar-refractivity contribution >= 4 is 29.2 Å². The predicted molar refractivity (Wildman–Crippen MR) is 74.9 cm³/mol. The maximum atomic E-state index is 12.1. The summed E-state index contributed by atoms with van der Waals surface area (Å²) in [5.74, 6) is -1.81. The van der Waals surface area contributed by atoms with Crippen molar-refractivity contribution in [3.63, 3.8) is 0 Å². The van der Waals surface area contributed by atoms with Crippen LogP contribution in [0, 0.1) is 6.92 Å². The lowest BCUT2D eigenvalue weighted by molar-refractivity contribution is -0.254. The molecule has 0 bridgehead atoms. The summed E-state index contributed by atoms with van der Waals surface area (Å²) in [6.45, 7) is 1.76. The van der Waals surface area contributed by atoms with Crippen molar-refractivity contribution in [2.45, 2.75) is 6.92 Å². The normalized spacial score (nSPS) is 10.1. The highest BCUT2D eigenvalue weighted by molar-refractivity contribution is 6.34. The molecule has 0 atom stereocenters. The van der Waals surface area contributed by atoms with Gasteiger partial charge in [-0.1, -0.05) is 35.4 Å². The summed E-state index contributed by atoms with van der Waals surface area (Å²) in [7, 11) is 0. The van der Waals surface area contributed by atoms with Crippen LogP contribution in [-0.4, -0.2) is 11.9 Å². The standard InChI is InChI=1S/C15H12ClNO3/c1-9-6-7-13(11(8-9)15(19)20)17-14(18)10-4-2-3-5-12(10)16/h2-8H,1H3,(H,17,18)(H,19,20)/p-1. The van der Waals surface area contributed by atoms with Gasteiger partial charge in [0.05, 0.1) is 22.2 Å². The molecule has 0 radical (unpaired) electrons. The second-order valence-electron chi connectivity index (χ2n) is 4.27. The number of aromatic carboxylic acids is 1. The minimum atomic E-state index is -1.34. The Morgan fingerprint density at radius 3 is 2.45 bits per heavy atom. The molecule has 0 unspecified atom stereocenters. The maximum Gasteiger partial charge on any atom is 0.257 e. The second-order valence-corrected chi connectivity index (χ2v) is 4.68. The number of nitrogens with one attached hydrogen (secondary N) is 1. The number of carbonyl (C=O) groups is 2. The fourth-order valence-electron chi connectivity index (χ4n) is 1.77. The fourth-order valence-corrected chi connectivity index (χ4v) is 1.99. The van der Waals surface area contributed by atoms with E-state index in [1.807, 2.05) is 0 Å². The number of halogens is 1. The summed E-state index contributed by atoms with van der Waals surface area (Å²) in [5, 5.41) is 13.9. The van der Waals surface area contributed by atoms with Crippen molar-refractivity contribution in [3.05, 3.63) is 64.2 Å². The van der Waals surface area contributed by atoms with Crippen LogP contribution in [0.25, 0.3) is 0 Å². The average molecular weight is 289 g/mol. The van der Waals surface area contributed by atoms with Gasteiger partial charge in [0.25, 0.3) is 5.91 Å². The van der Waals surface area contributed by atoms with Gasteiger partial charge in [0.2, 0.25) is 0 Å². The van der Waals surface area contributed by atoms with Crippen molar-refractivity contribution in [1.82, 2.24) is 0 Å². The second kappa shape index (κ2) is 5.75. The first-order valence-corrected chi connectivity index (χ1v) is 6.24. The summed E-state index contributed by atoms with van der Waals surface area (Å²) in [6.07, 6.45) is 0. The zero-order valence-electron chi connectivity index (χ0n) is 10.6. The van der Waals surface area contributed by atoms with E-state index >= 15 is 0 Å². The van der Waals surface area contributed by atoms with Gasteiger partial charge in [-0.15, -0.1) is 0 Å². The zero-order valence-corrected chi connectivity index (χ0v) is 11.4. The first-order chi connectivity index (χ1) is 9.49. The van der Waals surface area contributed by atoms with Crippen molar-refractivity contribution in [2.75, 3.05) is 5.32 Å². The lowest BCUT2D eigenvalue weighted by atomic mass is 10.1. The Kier molecular flexibility index (Phi) is 4.05. The fraction of sp³-hybridized carbons (Fsp3) is 0.0667. The van der Waals surface area contributed by atoms with Gasteiger partial charge in [-0.05, 0) is 31.2 Å². The number of carbonyl (C=O) groups excluding carboxylic acids is 2. The molecule has 2 rings (SSSR count). The highest BCUT2D eigenvalue weighted by atomic mass is 35.5. The summed E-state index contributed by atoms with van der Waals surface area (Å²) >= 11 is 5.92. The highest BCUT2D eigenvalue weighted by Crippen LogP contribution is 2.20. The number of amides is 1. The zero-order chi connectivity index (χ0) is 14.7. The van der Waals surface area contributed by atoms with Gasteiger partial charge in [-0.3, -0.25) is 4.79 Å². The van der Waals surface area contributed by atoms with Crippen LogP contribution in [0.1, 0.15) is 26.3 Å². The quantitative estimate of drug-likeness (QED) is 0.942. The van der Waals surface area contributed by atoms with Crippen LogP contribution >= 0.6 is 11.6 Å². The van der Waals surface area contributed by atoms with E-state index in [1.54, 1.807) is 37.3 Å². The van der Waals surface area contributed by atoms with E-state index < -0.39 is 11.9 Å². The molecule has 1 N–H and O–H groups in total.